The Hall–Kier alpha value is -2.35. The van der Waals surface area contributed by atoms with E-state index in [9.17, 15) is 4.79 Å². The summed E-state index contributed by atoms with van der Waals surface area (Å²) in [5, 5.41) is 4.22. The molecule has 128 valence electrons. The first kappa shape index (κ1) is 15.2. The van der Waals surface area contributed by atoms with Crippen LogP contribution in [0.1, 0.15) is 41.4 Å². The summed E-state index contributed by atoms with van der Waals surface area (Å²) in [6.07, 6.45) is 6.11. The van der Waals surface area contributed by atoms with E-state index >= 15 is 0 Å². The molecule has 3 heterocycles. The second kappa shape index (κ2) is 5.94. The lowest BCUT2D eigenvalue weighted by Crippen LogP contribution is -2.38. The summed E-state index contributed by atoms with van der Waals surface area (Å²) in [7, 11) is 1.67. The highest BCUT2D eigenvalue weighted by Gasteiger charge is 2.40. The normalized spacial score (nSPS) is 23.8. The molecule has 4 rings (SSSR count). The smallest absolute Gasteiger partial charge is 0.291 e. The lowest BCUT2D eigenvalue weighted by Gasteiger charge is -2.23. The van der Waals surface area contributed by atoms with Gasteiger partial charge in [0.25, 0.3) is 5.91 Å². The monoisotopic (exact) mass is 331 g/mol. The van der Waals surface area contributed by atoms with Gasteiger partial charge in [-0.2, -0.15) is 5.10 Å². The fraction of sp³-hybridized carbons (Fsp3) is 0.562. The number of hydrogen-bond donors (Lipinski definition) is 1. The van der Waals surface area contributed by atoms with Crippen molar-refractivity contribution in [1.82, 2.24) is 19.7 Å². The average Bonchev–Trinajstić information content (AvgIpc) is 2.99. The third kappa shape index (κ3) is 2.77. The molecule has 1 saturated heterocycles. The van der Waals surface area contributed by atoms with E-state index in [0.717, 1.165) is 25.0 Å². The van der Waals surface area contributed by atoms with E-state index in [4.69, 9.17) is 14.9 Å². The molecule has 1 aliphatic heterocycles. The molecule has 24 heavy (non-hydrogen) atoms. The molecule has 0 radical (unpaired) electrons. The number of nitrogens with two attached hydrogens (primary N) is 1. The molecule has 8 heteroatoms. The molecule has 2 aromatic heterocycles. The van der Waals surface area contributed by atoms with Crippen LogP contribution in [0.3, 0.4) is 0 Å². The second-order valence-electron chi connectivity index (χ2n) is 6.51. The van der Waals surface area contributed by atoms with Crippen LogP contribution in [0.4, 0.5) is 5.82 Å². The number of carbonyl (C=O) groups excluding carboxylic acids is 1. The molecule has 2 aliphatic rings. The van der Waals surface area contributed by atoms with Crippen molar-refractivity contribution in [3.8, 4) is 0 Å². The summed E-state index contributed by atoms with van der Waals surface area (Å²) in [5.41, 5.74) is 6.47. The number of oxazole rings is 1. The van der Waals surface area contributed by atoms with E-state index < -0.39 is 0 Å². The molecular weight excluding hydrogens is 310 g/mol. The van der Waals surface area contributed by atoms with Crippen LogP contribution in [0.5, 0.6) is 0 Å². The summed E-state index contributed by atoms with van der Waals surface area (Å²) in [5.74, 6) is 1.10. The van der Waals surface area contributed by atoms with Crippen LogP contribution in [-0.4, -0.2) is 51.4 Å². The van der Waals surface area contributed by atoms with Gasteiger partial charge in [0.05, 0.1) is 24.4 Å². The maximum atomic E-state index is 13.0. The molecule has 2 aromatic rings. The molecule has 2 N–H and O–H groups in total. The van der Waals surface area contributed by atoms with E-state index in [1.807, 2.05) is 11.1 Å². The third-order valence-corrected chi connectivity index (χ3v) is 4.78. The van der Waals surface area contributed by atoms with Crippen molar-refractivity contribution in [2.45, 2.75) is 43.9 Å². The Morgan fingerprint density at radius 2 is 2.33 bits per heavy atom. The topological polar surface area (TPSA) is 99.4 Å². The number of carbonyl (C=O) groups is 1. The number of methoxy groups -OCH3 is 1. The van der Waals surface area contributed by atoms with Crippen LogP contribution in [0.15, 0.2) is 23.1 Å². The lowest BCUT2D eigenvalue weighted by atomic mass is 10.2. The Kier molecular flexibility index (Phi) is 3.76. The van der Waals surface area contributed by atoms with Gasteiger partial charge in [-0.25, -0.2) is 4.98 Å². The number of nitrogen functional groups attached to an aromatic ring is 1. The molecule has 0 unspecified atom stereocenters. The van der Waals surface area contributed by atoms with Gasteiger partial charge in [0.15, 0.2) is 6.39 Å². The number of anilines is 1. The van der Waals surface area contributed by atoms with Crippen molar-refractivity contribution in [2.24, 2.45) is 0 Å². The molecule has 0 spiro atoms. The maximum Gasteiger partial charge on any atom is 0.291 e. The number of ether oxygens (including phenoxy) is 1. The van der Waals surface area contributed by atoms with Crippen molar-refractivity contribution in [3.05, 3.63) is 30.1 Å². The molecule has 8 nitrogen and oxygen atoms in total. The maximum absolute atomic E-state index is 13.0. The van der Waals surface area contributed by atoms with Crippen molar-refractivity contribution in [2.75, 3.05) is 19.4 Å². The number of hydrogen-bond acceptors (Lipinski definition) is 6. The van der Waals surface area contributed by atoms with Gasteiger partial charge >= 0.3 is 0 Å². The highest BCUT2D eigenvalue weighted by Crippen LogP contribution is 2.41. The summed E-state index contributed by atoms with van der Waals surface area (Å²) in [6.45, 7) is 1.12. The quantitative estimate of drug-likeness (QED) is 0.885. The Morgan fingerprint density at radius 3 is 3.00 bits per heavy atom. The SMILES string of the molecule is CO[C@H]1C[C@@H](Cn2ccc(N)n2)N(C(=O)c2ocnc2C2CC2)C1. The van der Waals surface area contributed by atoms with Crippen LogP contribution in [-0.2, 0) is 11.3 Å². The van der Waals surface area contributed by atoms with Gasteiger partial charge < -0.3 is 19.8 Å². The summed E-state index contributed by atoms with van der Waals surface area (Å²) < 4.78 is 12.7. The van der Waals surface area contributed by atoms with Crippen molar-refractivity contribution in [3.63, 3.8) is 0 Å². The van der Waals surface area contributed by atoms with Crippen molar-refractivity contribution >= 4 is 11.7 Å². The summed E-state index contributed by atoms with van der Waals surface area (Å²) in [6, 6.07) is 1.73. The van der Waals surface area contributed by atoms with Crippen molar-refractivity contribution < 1.29 is 13.9 Å². The zero-order valence-corrected chi connectivity index (χ0v) is 13.6. The Bertz CT molecular complexity index is 736. The fourth-order valence-electron chi connectivity index (χ4n) is 3.35. The van der Waals surface area contributed by atoms with E-state index in [0.29, 0.717) is 30.6 Å². The molecular formula is C16H21N5O3. The van der Waals surface area contributed by atoms with Gasteiger partial charge in [-0.15, -0.1) is 0 Å². The standard InChI is InChI=1S/C16H21N5O3/c1-23-12-6-11(7-20-5-4-13(17)19-20)21(8-12)16(22)15-14(10-2-3-10)18-9-24-15/h4-5,9-12H,2-3,6-8H2,1H3,(H2,17,19)/t11-,12-/m0/s1. The first-order valence-corrected chi connectivity index (χ1v) is 8.21. The third-order valence-electron chi connectivity index (χ3n) is 4.78. The van der Waals surface area contributed by atoms with Gasteiger partial charge in [0.1, 0.15) is 5.82 Å². The number of amides is 1. The number of rotatable bonds is 5. The Morgan fingerprint density at radius 1 is 1.50 bits per heavy atom. The van der Waals surface area contributed by atoms with Crippen LogP contribution in [0, 0.1) is 0 Å². The minimum Gasteiger partial charge on any atom is -0.438 e. The predicted molar refractivity (Wildman–Crippen MR) is 85.4 cm³/mol. The van der Waals surface area contributed by atoms with Crippen LogP contribution >= 0.6 is 0 Å². The highest BCUT2D eigenvalue weighted by atomic mass is 16.5. The predicted octanol–water partition coefficient (Wildman–Crippen LogP) is 1.26. The van der Waals surface area contributed by atoms with E-state index in [1.54, 1.807) is 17.9 Å². The zero-order chi connectivity index (χ0) is 16.7. The average molecular weight is 331 g/mol. The highest BCUT2D eigenvalue weighted by molar-refractivity contribution is 5.93. The lowest BCUT2D eigenvalue weighted by molar-refractivity contribution is 0.0647. The molecule has 2 atom stereocenters. The fourth-order valence-corrected chi connectivity index (χ4v) is 3.35. The Balaban J connectivity index is 1.56. The van der Waals surface area contributed by atoms with Crippen LogP contribution in [0.25, 0.3) is 0 Å². The molecule has 2 fully saturated rings. The van der Waals surface area contributed by atoms with Gasteiger partial charge in [0.2, 0.25) is 5.76 Å². The van der Waals surface area contributed by atoms with Gasteiger partial charge in [0, 0.05) is 25.8 Å². The molecule has 1 aliphatic carbocycles. The number of likely N-dealkylation sites (tertiary alicyclic amines) is 1. The molecule has 0 bridgehead atoms. The number of aromatic nitrogens is 3. The van der Waals surface area contributed by atoms with Gasteiger partial charge in [-0.1, -0.05) is 0 Å². The zero-order valence-electron chi connectivity index (χ0n) is 13.6. The number of nitrogens with zero attached hydrogens (tertiary/aromatic N) is 4. The summed E-state index contributed by atoms with van der Waals surface area (Å²) >= 11 is 0. The van der Waals surface area contributed by atoms with E-state index in [1.165, 1.54) is 6.39 Å². The van der Waals surface area contributed by atoms with E-state index in [2.05, 4.69) is 10.1 Å². The van der Waals surface area contributed by atoms with Gasteiger partial charge in [-0.05, 0) is 25.3 Å². The minimum atomic E-state index is -0.112. The van der Waals surface area contributed by atoms with Crippen molar-refractivity contribution in [1.29, 1.82) is 0 Å². The summed E-state index contributed by atoms with van der Waals surface area (Å²) in [4.78, 5) is 19.1. The minimum absolute atomic E-state index is 0.0131. The molecule has 1 amide bonds. The van der Waals surface area contributed by atoms with E-state index in [-0.39, 0.29) is 18.1 Å². The first-order valence-electron chi connectivity index (χ1n) is 8.21. The second-order valence-corrected chi connectivity index (χ2v) is 6.51. The largest absolute Gasteiger partial charge is 0.438 e. The molecule has 0 aromatic carbocycles. The first-order chi connectivity index (χ1) is 11.7. The van der Waals surface area contributed by atoms with Gasteiger partial charge in [-0.3, -0.25) is 9.48 Å². The van der Waals surface area contributed by atoms with Crippen LogP contribution < -0.4 is 5.73 Å². The Labute approximate surface area is 139 Å². The van der Waals surface area contributed by atoms with Crippen LogP contribution in [0.2, 0.25) is 0 Å². The molecule has 1 saturated carbocycles.